The van der Waals surface area contributed by atoms with Gasteiger partial charge in [-0.3, -0.25) is 9.80 Å². The molecule has 0 N–H and O–H groups in total. The monoisotopic (exact) mass is 189 g/mol. The molecule has 0 aliphatic carbocycles. The van der Waals surface area contributed by atoms with Crippen LogP contribution in [0.2, 0.25) is 0 Å². The van der Waals surface area contributed by atoms with Crippen LogP contribution in [0.4, 0.5) is 0 Å². The second-order valence-electron chi connectivity index (χ2n) is 4.69. The average Bonchev–Trinajstić information content (AvgIpc) is 2.08. The van der Waals surface area contributed by atoms with Crippen molar-refractivity contribution in [2.75, 3.05) is 26.1 Å². The Bertz CT molecular complexity index is 305. The van der Waals surface area contributed by atoms with E-state index in [1.54, 1.807) is 13.8 Å². The van der Waals surface area contributed by atoms with Crippen molar-refractivity contribution in [3.8, 4) is 0 Å². The van der Waals surface area contributed by atoms with Crippen molar-refractivity contribution in [2.45, 2.75) is 46.2 Å². The van der Waals surface area contributed by atoms with Crippen LogP contribution in [0.15, 0.2) is 0 Å². The van der Waals surface area contributed by atoms with Crippen LogP contribution in [0, 0.1) is 0 Å². The average molecular weight is 189 g/mol. The van der Waals surface area contributed by atoms with Crippen molar-refractivity contribution in [1.29, 1.82) is 0 Å². The first kappa shape index (κ1) is 5.72. The van der Waals surface area contributed by atoms with Crippen molar-refractivity contribution in [2.24, 2.45) is 0 Å². The minimum absolute atomic E-state index is 0.203. The summed E-state index contributed by atoms with van der Waals surface area (Å²) in [6.45, 7) is 4.27. The molecular formula is C11H24N2. The Labute approximate surface area is 89.9 Å². The molecule has 0 saturated carbocycles. The van der Waals surface area contributed by atoms with Crippen LogP contribution in [0.5, 0.6) is 0 Å². The van der Waals surface area contributed by atoms with Gasteiger partial charge in [0.2, 0.25) is 0 Å². The summed E-state index contributed by atoms with van der Waals surface area (Å²) >= 11 is 0. The fourth-order valence-electron chi connectivity index (χ4n) is 1.16. The van der Waals surface area contributed by atoms with Gasteiger partial charge in [-0.15, -0.1) is 0 Å². The van der Waals surface area contributed by atoms with Crippen LogP contribution in [-0.4, -0.2) is 47.4 Å². The Morgan fingerprint density at radius 1 is 1.23 bits per heavy atom. The van der Waals surface area contributed by atoms with Crippen molar-refractivity contribution in [1.82, 2.24) is 9.80 Å². The number of hydrogen-bond acceptors (Lipinski definition) is 2. The summed E-state index contributed by atoms with van der Waals surface area (Å²) in [6, 6.07) is -0.209. The molecule has 0 radical (unpaired) electrons. The summed E-state index contributed by atoms with van der Waals surface area (Å²) in [4.78, 5) is 2.77. The van der Waals surface area contributed by atoms with E-state index in [1.165, 1.54) is 9.80 Å². The van der Waals surface area contributed by atoms with E-state index in [-0.39, 0.29) is 12.6 Å². The Morgan fingerprint density at radius 2 is 1.85 bits per heavy atom. The lowest BCUT2D eigenvalue weighted by atomic mass is 10.0. The van der Waals surface area contributed by atoms with Crippen molar-refractivity contribution in [3.63, 3.8) is 0 Å². The number of piperazine rings is 1. The molecule has 1 aliphatic rings. The molecule has 13 heavy (non-hydrogen) atoms. The highest BCUT2D eigenvalue weighted by atomic mass is 15.3. The quantitative estimate of drug-likeness (QED) is 0.621. The third-order valence-electron chi connectivity index (χ3n) is 2.14. The van der Waals surface area contributed by atoms with Crippen molar-refractivity contribution >= 4 is 0 Å². The van der Waals surface area contributed by atoms with Gasteiger partial charge in [-0.2, -0.15) is 0 Å². The summed E-state index contributed by atoms with van der Waals surface area (Å²) in [5.74, 6) is 0. The molecule has 0 aromatic rings. The highest BCUT2D eigenvalue weighted by Gasteiger charge is 2.26. The molecule has 0 bridgehead atoms. The van der Waals surface area contributed by atoms with E-state index in [9.17, 15) is 0 Å². The normalized spacial score (nSPS) is 41.7. The van der Waals surface area contributed by atoms with E-state index in [2.05, 4.69) is 0 Å². The summed E-state index contributed by atoms with van der Waals surface area (Å²) in [5, 5.41) is 0. The second-order valence-corrected chi connectivity index (χ2v) is 4.69. The molecule has 1 heterocycles. The Hall–Kier alpha value is -0.0800. The highest BCUT2D eigenvalue weighted by Crippen LogP contribution is 2.16. The molecule has 78 valence electrons. The summed E-state index contributed by atoms with van der Waals surface area (Å²) < 4.78 is 40.6. The molecule has 1 unspecified atom stereocenters. The van der Waals surface area contributed by atoms with Gasteiger partial charge in [-0.25, -0.2) is 0 Å². The Balaban J connectivity index is 3.23. The summed E-state index contributed by atoms with van der Waals surface area (Å²) in [6.07, 6.45) is 0. The van der Waals surface area contributed by atoms with Gasteiger partial charge >= 0.3 is 0 Å². The lowest BCUT2D eigenvalue weighted by Gasteiger charge is -2.43. The van der Waals surface area contributed by atoms with Gasteiger partial charge in [0, 0.05) is 44.5 Å². The van der Waals surface area contributed by atoms with E-state index in [1.807, 2.05) is 20.8 Å². The second kappa shape index (κ2) is 3.97. The zero-order valence-corrected chi connectivity index (χ0v) is 9.26. The van der Waals surface area contributed by atoms with Crippen LogP contribution in [-0.2, 0) is 0 Å². The molecule has 1 aliphatic heterocycles. The minimum atomic E-state index is -2.18. The molecule has 2 heteroatoms. The fourth-order valence-corrected chi connectivity index (χ4v) is 1.16. The summed E-state index contributed by atoms with van der Waals surface area (Å²) in [5.41, 5.74) is -0.515. The molecule has 1 atom stereocenters. The molecule has 0 aromatic carbocycles. The van der Waals surface area contributed by atoms with Crippen LogP contribution in [0.1, 0.15) is 41.5 Å². The third kappa shape index (κ3) is 2.96. The van der Waals surface area contributed by atoms with Gasteiger partial charge in [0.25, 0.3) is 0 Å². The first-order valence-corrected chi connectivity index (χ1v) is 4.82. The summed E-state index contributed by atoms with van der Waals surface area (Å²) in [7, 11) is 0. The molecule has 1 saturated heterocycles. The molecule has 0 amide bonds. The number of rotatable bonds is 1. The van der Waals surface area contributed by atoms with Gasteiger partial charge in [0.05, 0.1) is 0 Å². The Morgan fingerprint density at radius 3 is 2.31 bits per heavy atom. The van der Waals surface area contributed by atoms with Crippen molar-refractivity contribution < 1.29 is 6.85 Å². The van der Waals surface area contributed by atoms with Gasteiger partial charge in [0.1, 0.15) is 0 Å². The van der Waals surface area contributed by atoms with Crippen molar-refractivity contribution in [3.05, 3.63) is 0 Å². The standard InChI is InChI=1S/C11H24N2/c1-10(2)12-6-8-13(9-7-12)11(3,4)5/h10H,6-9H2,1-5H3/i6D,7D2,9D2. The smallest absolute Gasteiger partial charge is 0.0444 e. The van der Waals surface area contributed by atoms with Gasteiger partial charge in [-0.1, -0.05) is 0 Å². The number of nitrogens with zero attached hydrogens (tertiary/aromatic N) is 2. The zero-order valence-electron chi connectivity index (χ0n) is 14.3. The molecular weight excluding hydrogens is 160 g/mol. The SMILES string of the molecule is [2H]C1CN(C(C)(C)C)C([2H])([2H])C([2H])([2H])N1C(C)C. The zero-order chi connectivity index (χ0) is 14.5. The fraction of sp³-hybridized carbons (Fsp3) is 1.00. The third-order valence-corrected chi connectivity index (χ3v) is 2.14. The topological polar surface area (TPSA) is 6.48 Å². The molecule has 1 fully saturated rings. The van der Waals surface area contributed by atoms with Crippen LogP contribution in [0.25, 0.3) is 0 Å². The molecule has 0 spiro atoms. The molecule has 1 rings (SSSR count). The van der Waals surface area contributed by atoms with Gasteiger partial charge < -0.3 is 0 Å². The lowest BCUT2D eigenvalue weighted by molar-refractivity contribution is 0.0491. The predicted octanol–water partition coefficient (Wildman–Crippen LogP) is 1.81. The van der Waals surface area contributed by atoms with E-state index >= 15 is 0 Å². The van der Waals surface area contributed by atoms with Gasteiger partial charge in [-0.05, 0) is 34.6 Å². The van der Waals surface area contributed by atoms with E-state index < -0.39 is 25.1 Å². The van der Waals surface area contributed by atoms with Crippen LogP contribution >= 0.6 is 0 Å². The van der Waals surface area contributed by atoms with Gasteiger partial charge in [0.15, 0.2) is 0 Å². The van der Waals surface area contributed by atoms with E-state index in [4.69, 9.17) is 6.85 Å². The molecule has 0 aromatic heterocycles. The first-order chi connectivity index (χ1) is 7.83. The maximum absolute atomic E-state index is 8.15. The lowest BCUT2D eigenvalue weighted by Crippen LogP contribution is -2.54. The van der Waals surface area contributed by atoms with Crippen LogP contribution in [0.3, 0.4) is 0 Å². The Kier molecular flexibility index (Phi) is 1.75. The first-order valence-electron chi connectivity index (χ1n) is 7.39. The predicted molar refractivity (Wildman–Crippen MR) is 58.0 cm³/mol. The maximum Gasteiger partial charge on any atom is 0.0444 e. The number of hydrogen-bond donors (Lipinski definition) is 0. The van der Waals surface area contributed by atoms with Crippen LogP contribution < -0.4 is 0 Å². The highest BCUT2D eigenvalue weighted by molar-refractivity contribution is 4.82. The molecule has 2 nitrogen and oxygen atoms in total. The van der Waals surface area contributed by atoms with E-state index in [0.29, 0.717) is 0 Å². The maximum atomic E-state index is 8.15. The van der Waals surface area contributed by atoms with E-state index in [0.717, 1.165) is 0 Å². The largest absolute Gasteiger partial charge is 0.298 e. The minimum Gasteiger partial charge on any atom is -0.298 e.